The summed E-state index contributed by atoms with van der Waals surface area (Å²) >= 11 is 0. The molecular formula is C18H29N3O4. The van der Waals surface area contributed by atoms with Crippen molar-refractivity contribution in [2.45, 2.75) is 71.6 Å². The zero-order valence-electron chi connectivity index (χ0n) is 15.6. The number of carboxylic acid groups (broad SMARTS) is 1. The minimum Gasteiger partial charge on any atom is -0.481 e. The number of carbonyl (C=O) groups is 2. The molecule has 0 aliphatic rings. The van der Waals surface area contributed by atoms with Gasteiger partial charge in [0.25, 0.3) is 11.5 Å². The predicted molar refractivity (Wildman–Crippen MR) is 96.0 cm³/mol. The van der Waals surface area contributed by atoms with Gasteiger partial charge < -0.3 is 15.4 Å². The number of rotatable bonds is 9. The van der Waals surface area contributed by atoms with E-state index in [1.165, 1.54) is 0 Å². The summed E-state index contributed by atoms with van der Waals surface area (Å²) in [5, 5.41) is 11.3. The Morgan fingerprint density at radius 1 is 1.12 bits per heavy atom. The second kappa shape index (κ2) is 9.34. The van der Waals surface area contributed by atoms with Crippen molar-refractivity contribution in [3.63, 3.8) is 0 Å². The van der Waals surface area contributed by atoms with Crippen molar-refractivity contribution in [2.24, 2.45) is 0 Å². The first-order valence-corrected chi connectivity index (χ1v) is 8.74. The molecule has 1 heterocycles. The Balaban J connectivity index is 2.46. The molecule has 0 saturated heterocycles. The third-order valence-corrected chi connectivity index (χ3v) is 3.89. The minimum absolute atomic E-state index is 0.0643. The number of carboxylic acids is 1. The highest BCUT2D eigenvalue weighted by Gasteiger charge is 2.21. The van der Waals surface area contributed by atoms with E-state index < -0.39 is 17.4 Å². The molecule has 0 fully saturated rings. The van der Waals surface area contributed by atoms with Crippen LogP contribution in [0, 0.1) is 6.92 Å². The topological polar surface area (TPSA) is 112 Å². The molecule has 0 aromatic carbocycles. The lowest BCUT2D eigenvalue weighted by atomic mass is 9.95. The average Bonchev–Trinajstić information content (AvgIpc) is 2.48. The van der Waals surface area contributed by atoms with Crippen LogP contribution in [0.15, 0.2) is 4.79 Å². The van der Waals surface area contributed by atoms with Gasteiger partial charge in [0, 0.05) is 18.4 Å². The smallest absolute Gasteiger partial charge is 0.303 e. The Morgan fingerprint density at radius 3 is 2.28 bits per heavy atom. The summed E-state index contributed by atoms with van der Waals surface area (Å²) in [5.74, 6) is -0.607. The van der Waals surface area contributed by atoms with Gasteiger partial charge in [-0.1, -0.05) is 40.0 Å². The van der Waals surface area contributed by atoms with Crippen LogP contribution in [-0.4, -0.2) is 33.5 Å². The number of unbranched alkanes of at least 4 members (excludes halogenated alkanes) is 4. The van der Waals surface area contributed by atoms with Gasteiger partial charge >= 0.3 is 5.97 Å². The maximum absolute atomic E-state index is 12.2. The van der Waals surface area contributed by atoms with Crippen molar-refractivity contribution >= 4 is 11.9 Å². The Labute approximate surface area is 148 Å². The monoisotopic (exact) mass is 351 g/mol. The molecule has 0 spiro atoms. The first-order chi connectivity index (χ1) is 11.6. The summed E-state index contributed by atoms with van der Waals surface area (Å²) < 4.78 is 0. The van der Waals surface area contributed by atoms with Crippen molar-refractivity contribution in [2.75, 3.05) is 6.54 Å². The molecule has 0 atom stereocenters. The molecule has 0 bridgehead atoms. The second-order valence-electron chi connectivity index (χ2n) is 7.29. The average molecular weight is 351 g/mol. The summed E-state index contributed by atoms with van der Waals surface area (Å²) in [5.41, 5.74) is -0.211. The van der Waals surface area contributed by atoms with Gasteiger partial charge in [-0.15, -0.1) is 0 Å². The van der Waals surface area contributed by atoms with E-state index in [1.807, 2.05) is 20.8 Å². The van der Waals surface area contributed by atoms with Gasteiger partial charge in [0.05, 0.1) is 5.69 Å². The third-order valence-electron chi connectivity index (χ3n) is 3.89. The zero-order chi connectivity index (χ0) is 19.0. The van der Waals surface area contributed by atoms with E-state index in [1.54, 1.807) is 6.92 Å². The molecule has 7 heteroatoms. The van der Waals surface area contributed by atoms with E-state index in [0.717, 1.165) is 25.7 Å². The maximum Gasteiger partial charge on any atom is 0.303 e. The van der Waals surface area contributed by atoms with Crippen molar-refractivity contribution < 1.29 is 14.7 Å². The summed E-state index contributed by atoms with van der Waals surface area (Å²) in [6.07, 6.45) is 4.40. The Kier molecular flexibility index (Phi) is 7.80. The number of hydrogen-bond donors (Lipinski definition) is 3. The van der Waals surface area contributed by atoms with E-state index in [-0.39, 0.29) is 17.4 Å². The lowest BCUT2D eigenvalue weighted by molar-refractivity contribution is -0.137. The molecule has 0 aliphatic heterocycles. The molecule has 0 aliphatic carbocycles. The van der Waals surface area contributed by atoms with Crippen molar-refractivity contribution in [1.82, 2.24) is 15.3 Å². The van der Waals surface area contributed by atoms with Crippen LogP contribution in [-0.2, 0) is 10.2 Å². The quantitative estimate of drug-likeness (QED) is 0.592. The van der Waals surface area contributed by atoms with Crippen LogP contribution >= 0.6 is 0 Å². The first kappa shape index (κ1) is 20.9. The number of aryl methyl sites for hydroxylation is 1. The number of aromatic nitrogens is 2. The molecule has 1 amide bonds. The maximum atomic E-state index is 12.2. The normalized spacial score (nSPS) is 11.4. The van der Waals surface area contributed by atoms with Crippen LogP contribution in [0.25, 0.3) is 0 Å². The fourth-order valence-electron chi connectivity index (χ4n) is 2.43. The molecule has 140 valence electrons. The number of nitrogens with one attached hydrogen (secondary N) is 2. The molecule has 7 nitrogen and oxygen atoms in total. The summed E-state index contributed by atoms with van der Waals surface area (Å²) in [6.45, 7) is 7.99. The number of hydrogen-bond acceptors (Lipinski definition) is 4. The summed E-state index contributed by atoms with van der Waals surface area (Å²) in [7, 11) is 0. The molecule has 0 saturated carbocycles. The molecule has 1 aromatic rings. The fraction of sp³-hybridized carbons (Fsp3) is 0.667. The first-order valence-electron chi connectivity index (χ1n) is 8.74. The van der Waals surface area contributed by atoms with Gasteiger partial charge in [-0.3, -0.25) is 14.4 Å². The van der Waals surface area contributed by atoms with Crippen LogP contribution < -0.4 is 10.9 Å². The molecule has 0 unspecified atom stereocenters. The van der Waals surface area contributed by atoms with E-state index in [9.17, 15) is 14.4 Å². The van der Waals surface area contributed by atoms with Crippen LogP contribution in [0.4, 0.5) is 0 Å². The number of amides is 1. The molecular weight excluding hydrogens is 322 g/mol. The van der Waals surface area contributed by atoms with Gasteiger partial charge in [-0.05, 0) is 19.8 Å². The van der Waals surface area contributed by atoms with E-state index in [2.05, 4.69) is 15.3 Å². The Bertz CT molecular complexity index is 659. The third kappa shape index (κ3) is 7.07. The number of nitrogens with zero attached hydrogens (tertiary/aromatic N) is 1. The minimum atomic E-state index is -0.765. The van der Waals surface area contributed by atoms with Crippen LogP contribution in [0.1, 0.15) is 81.2 Å². The van der Waals surface area contributed by atoms with E-state index in [4.69, 9.17) is 5.11 Å². The highest BCUT2D eigenvalue weighted by molar-refractivity contribution is 5.94. The Hall–Kier alpha value is -2.18. The molecule has 25 heavy (non-hydrogen) atoms. The standard InChI is InChI=1S/C18H29N3O4/c1-12-14(16(25)21-17(20-12)18(2,3)4)15(24)19-11-9-7-5-6-8-10-13(22)23/h5-11H2,1-4H3,(H,19,24)(H,22,23)(H,20,21,25). The largest absolute Gasteiger partial charge is 0.481 e. The van der Waals surface area contributed by atoms with Crippen molar-refractivity contribution in [3.05, 3.63) is 27.4 Å². The summed E-state index contributed by atoms with van der Waals surface area (Å²) in [4.78, 5) is 41.9. The van der Waals surface area contributed by atoms with Crippen molar-refractivity contribution in [1.29, 1.82) is 0 Å². The highest BCUT2D eigenvalue weighted by atomic mass is 16.4. The van der Waals surface area contributed by atoms with Gasteiger partial charge in [-0.2, -0.15) is 0 Å². The van der Waals surface area contributed by atoms with Crippen molar-refractivity contribution in [3.8, 4) is 0 Å². The summed E-state index contributed by atoms with van der Waals surface area (Å²) in [6, 6.07) is 0. The van der Waals surface area contributed by atoms with Gasteiger partial charge in [-0.25, -0.2) is 4.98 Å². The number of H-pyrrole nitrogens is 1. The molecule has 1 rings (SSSR count). The molecule has 1 aromatic heterocycles. The van der Waals surface area contributed by atoms with Gasteiger partial charge in [0.2, 0.25) is 0 Å². The number of aliphatic carboxylic acids is 1. The zero-order valence-corrected chi connectivity index (χ0v) is 15.6. The predicted octanol–water partition coefficient (Wildman–Crippen LogP) is 2.53. The van der Waals surface area contributed by atoms with Crippen LogP contribution in [0.3, 0.4) is 0 Å². The van der Waals surface area contributed by atoms with Gasteiger partial charge in [0.1, 0.15) is 11.4 Å². The lowest BCUT2D eigenvalue weighted by Gasteiger charge is -2.18. The van der Waals surface area contributed by atoms with E-state index in [0.29, 0.717) is 24.5 Å². The highest BCUT2D eigenvalue weighted by Crippen LogP contribution is 2.17. The second-order valence-corrected chi connectivity index (χ2v) is 7.29. The van der Waals surface area contributed by atoms with Crippen LogP contribution in [0.2, 0.25) is 0 Å². The fourth-order valence-corrected chi connectivity index (χ4v) is 2.43. The SMILES string of the molecule is Cc1nc(C(C)(C)C)[nH]c(=O)c1C(=O)NCCCCCCCC(=O)O. The molecule has 0 radical (unpaired) electrons. The number of aromatic amines is 1. The molecule has 3 N–H and O–H groups in total. The lowest BCUT2D eigenvalue weighted by Crippen LogP contribution is -2.34. The Morgan fingerprint density at radius 2 is 1.72 bits per heavy atom. The van der Waals surface area contributed by atoms with Gasteiger partial charge in [0.15, 0.2) is 0 Å². The van der Waals surface area contributed by atoms with E-state index >= 15 is 0 Å². The van der Waals surface area contributed by atoms with Crippen LogP contribution in [0.5, 0.6) is 0 Å². The number of carbonyl (C=O) groups excluding carboxylic acids is 1.